The predicted molar refractivity (Wildman–Crippen MR) is 67.0 cm³/mol. The molecular formula is C11H21F3N2O2S. The van der Waals surface area contributed by atoms with E-state index in [1.807, 2.05) is 6.92 Å². The minimum absolute atomic E-state index is 0.0575. The van der Waals surface area contributed by atoms with Crippen molar-refractivity contribution in [2.45, 2.75) is 38.8 Å². The molecular weight excluding hydrogens is 281 g/mol. The first kappa shape index (κ1) is 16.7. The van der Waals surface area contributed by atoms with Crippen LogP contribution >= 0.6 is 0 Å². The largest absolute Gasteiger partial charge is 0.389 e. The molecule has 8 heteroatoms. The zero-order chi connectivity index (χ0) is 14.7. The molecule has 0 radical (unpaired) electrons. The Bertz CT molecular complexity index is 387. The molecule has 1 rings (SSSR count). The molecule has 0 unspecified atom stereocenters. The highest BCUT2D eigenvalue weighted by Crippen LogP contribution is 2.31. The van der Waals surface area contributed by atoms with Crippen LogP contribution < -0.4 is 5.73 Å². The summed E-state index contributed by atoms with van der Waals surface area (Å²) in [5.41, 5.74) is 5.57. The van der Waals surface area contributed by atoms with Gasteiger partial charge in [-0.1, -0.05) is 6.92 Å². The third-order valence-electron chi connectivity index (χ3n) is 3.68. The summed E-state index contributed by atoms with van der Waals surface area (Å²) < 4.78 is 61.1. The first-order chi connectivity index (χ1) is 8.58. The SMILES string of the molecule is CC1(CN)CCN(S(=O)(=O)CCCC(F)(F)F)CC1. The molecule has 0 amide bonds. The highest BCUT2D eigenvalue weighted by atomic mass is 32.2. The molecule has 0 aromatic carbocycles. The van der Waals surface area contributed by atoms with Gasteiger partial charge in [0, 0.05) is 19.5 Å². The van der Waals surface area contributed by atoms with Crippen LogP contribution in [-0.2, 0) is 10.0 Å². The predicted octanol–water partition coefficient (Wildman–Crippen LogP) is 1.72. The molecule has 0 aromatic rings. The highest BCUT2D eigenvalue weighted by molar-refractivity contribution is 7.89. The number of rotatable bonds is 5. The maximum atomic E-state index is 12.0. The van der Waals surface area contributed by atoms with Crippen LogP contribution in [0.2, 0.25) is 0 Å². The fraction of sp³-hybridized carbons (Fsp3) is 1.00. The zero-order valence-corrected chi connectivity index (χ0v) is 11.9. The molecule has 0 bridgehead atoms. The third kappa shape index (κ3) is 5.27. The van der Waals surface area contributed by atoms with Crippen LogP contribution in [0.1, 0.15) is 32.6 Å². The van der Waals surface area contributed by atoms with Gasteiger partial charge >= 0.3 is 6.18 Å². The standard InChI is InChI=1S/C11H21F3N2O2S/c1-10(9-15)4-6-16(7-5-10)19(17,18)8-2-3-11(12,13)14/h2-9,15H2,1H3. The topological polar surface area (TPSA) is 63.4 Å². The summed E-state index contributed by atoms with van der Waals surface area (Å²) in [6.07, 6.45) is -4.42. The van der Waals surface area contributed by atoms with Gasteiger partial charge in [0.1, 0.15) is 0 Å². The van der Waals surface area contributed by atoms with E-state index in [4.69, 9.17) is 5.73 Å². The molecule has 0 spiro atoms. The van der Waals surface area contributed by atoms with Gasteiger partial charge < -0.3 is 5.73 Å². The van der Waals surface area contributed by atoms with Crippen LogP contribution in [-0.4, -0.2) is 44.3 Å². The van der Waals surface area contributed by atoms with Crippen LogP contribution in [0.25, 0.3) is 0 Å². The molecule has 0 aliphatic carbocycles. The van der Waals surface area contributed by atoms with Crippen molar-refractivity contribution >= 4 is 10.0 Å². The van der Waals surface area contributed by atoms with Gasteiger partial charge in [0.05, 0.1) is 5.75 Å². The van der Waals surface area contributed by atoms with Crippen molar-refractivity contribution in [2.75, 3.05) is 25.4 Å². The van der Waals surface area contributed by atoms with Crippen molar-refractivity contribution in [2.24, 2.45) is 11.1 Å². The number of sulfonamides is 1. The number of hydrogen-bond donors (Lipinski definition) is 1. The van der Waals surface area contributed by atoms with Crippen molar-refractivity contribution in [3.05, 3.63) is 0 Å². The van der Waals surface area contributed by atoms with Crippen LogP contribution in [0.15, 0.2) is 0 Å². The fourth-order valence-corrected chi connectivity index (χ4v) is 3.60. The molecule has 4 nitrogen and oxygen atoms in total. The minimum Gasteiger partial charge on any atom is -0.330 e. The Kier molecular flexibility index (Phi) is 5.25. The van der Waals surface area contributed by atoms with Gasteiger partial charge in [-0.3, -0.25) is 0 Å². The maximum Gasteiger partial charge on any atom is 0.389 e. The van der Waals surface area contributed by atoms with Crippen molar-refractivity contribution in [3.8, 4) is 0 Å². The van der Waals surface area contributed by atoms with Gasteiger partial charge in [-0.15, -0.1) is 0 Å². The molecule has 1 heterocycles. The normalized spacial score (nSPS) is 21.5. The van der Waals surface area contributed by atoms with Gasteiger partial charge in [-0.25, -0.2) is 12.7 Å². The molecule has 0 saturated carbocycles. The first-order valence-corrected chi connectivity index (χ1v) is 7.94. The van der Waals surface area contributed by atoms with Gasteiger partial charge in [0.25, 0.3) is 0 Å². The molecule has 2 N–H and O–H groups in total. The van der Waals surface area contributed by atoms with E-state index in [1.165, 1.54) is 4.31 Å². The molecule has 0 atom stereocenters. The Morgan fingerprint density at radius 2 is 1.79 bits per heavy atom. The summed E-state index contributed by atoms with van der Waals surface area (Å²) in [6.45, 7) is 3.19. The summed E-state index contributed by atoms with van der Waals surface area (Å²) in [7, 11) is -3.57. The van der Waals surface area contributed by atoms with E-state index < -0.39 is 28.4 Å². The van der Waals surface area contributed by atoms with E-state index in [1.54, 1.807) is 0 Å². The summed E-state index contributed by atoms with van der Waals surface area (Å²) in [4.78, 5) is 0. The van der Waals surface area contributed by atoms with E-state index in [0.717, 1.165) is 0 Å². The average Bonchev–Trinajstić information content (AvgIpc) is 2.27. The average molecular weight is 302 g/mol. The van der Waals surface area contributed by atoms with Crippen molar-refractivity contribution < 1.29 is 21.6 Å². The Balaban J connectivity index is 2.47. The van der Waals surface area contributed by atoms with E-state index >= 15 is 0 Å². The lowest BCUT2D eigenvalue weighted by atomic mass is 9.81. The van der Waals surface area contributed by atoms with Gasteiger partial charge in [0.2, 0.25) is 10.0 Å². The first-order valence-electron chi connectivity index (χ1n) is 6.33. The number of nitrogens with two attached hydrogens (primary N) is 1. The lowest BCUT2D eigenvalue weighted by molar-refractivity contribution is -0.134. The highest BCUT2D eigenvalue weighted by Gasteiger charge is 2.34. The van der Waals surface area contributed by atoms with Crippen molar-refractivity contribution in [1.29, 1.82) is 0 Å². The molecule has 0 aromatic heterocycles. The number of piperidine rings is 1. The summed E-state index contributed by atoms with van der Waals surface area (Å²) >= 11 is 0. The summed E-state index contributed by atoms with van der Waals surface area (Å²) in [5.74, 6) is -0.439. The van der Waals surface area contributed by atoms with Crippen LogP contribution in [0.5, 0.6) is 0 Å². The van der Waals surface area contributed by atoms with Gasteiger partial charge in [0.15, 0.2) is 0 Å². The van der Waals surface area contributed by atoms with Gasteiger partial charge in [-0.05, 0) is 31.2 Å². The second kappa shape index (κ2) is 5.97. The Hall–Kier alpha value is -0.340. The second-order valence-electron chi connectivity index (χ2n) is 5.45. The van der Waals surface area contributed by atoms with Crippen molar-refractivity contribution in [1.82, 2.24) is 4.31 Å². The summed E-state index contributed by atoms with van der Waals surface area (Å²) in [6, 6.07) is 0. The van der Waals surface area contributed by atoms with Gasteiger partial charge in [-0.2, -0.15) is 13.2 Å². The van der Waals surface area contributed by atoms with Crippen LogP contribution in [0.4, 0.5) is 13.2 Å². The molecule has 19 heavy (non-hydrogen) atoms. The third-order valence-corrected chi connectivity index (χ3v) is 5.63. The van der Waals surface area contributed by atoms with Crippen LogP contribution in [0, 0.1) is 5.41 Å². The molecule has 1 fully saturated rings. The van der Waals surface area contributed by atoms with E-state index in [-0.39, 0.29) is 11.8 Å². The molecule has 1 saturated heterocycles. The minimum atomic E-state index is -4.30. The number of nitrogens with zero attached hydrogens (tertiary/aromatic N) is 1. The van der Waals surface area contributed by atoms with Crippen LogP contribution in [0.3, 0.4) is 0 Å². The maximum absolute atomic E-state index is 12.0. The lowest BCUT2D eigenvalue weighted by Gasteiger charge is -2.37. The molecule has 1 aliphatic rings. The monoisotopic (exact) mass is 302 g/mol. The van der Waals surface area contributed by atoms with E-state index in [0.29, 0.717) is 32.5 Å². The smallest absolute Gasteiger partial charge is 0.330 e. The fourth-order valence-electron chi connectivity index (χ4n) is 2.09. The number of halogens is 3. The van der Waals surface area contributed by atoms with E-state index in [9.17, 15) is 21.6 Å². The van der Waals surface area contributed by atoms with Crippen molar-refractivity contribution in [3.63, 3.8) is 0 Å². The Morgan fingerprint density at radius 3 is 2.21 bits per heavy atom. The second-order valence-corrected chi connectivity index (χ2v) is 7.54. The molecule has 1 aliphatic heterocycles. The Morgan fingerprint density at radius 1 is 1.26 bits per heavy atom. The Labute approximate surface area is 112 Å². The molecule has 114 valence electrons. The summed E-state index contributed by atoms with van der Waals surface area (Å²) in [5, 5.41) is 0. The number of hydrogen-bond acceptors (Lipinski definition) is 3. The zero-order valence-electron chi connectivity index (χ0n) is 11.0. The lowest BCUT2D eigenvalue weighted by Crippen LogP contribution is -2.45. The quantitative estimate of drug-likeness (QED) is 0.841. The van der Waals surface area contributed by atoms with E-state index in [2.05, 4.69) is 0 Å². The number of alkyl halides is 3.